The SMILES string of the molecule is [Cd].[In].[S]=[W]=[S]. The van der Waals surface area contributed by atoms with Gasteiger partial charge in [-0.1, -0.05) is 0 Å². The van der Waals surface area contributed by atoms with Gasteiger partial charge in [-0.25, -0.2) is 0 Å². The third-order valence-electron chi connectivity index (χ3n) is 0. The van der Waals surface area contributed by atoms with Crippen molar-refractivity contribution < 1.29 is 42.2 Å². The fraction of sp³-hybridized carbons (Fsp3) is 0. The molecule has 0 aromatic rings. The van der Waals surface area contributed by atoms with Crippen molar-refractivity contribution in [3.05, 3.63) is 0 Å². The van der Waals surface area contributed by atoms with Gasteiger partial charge < -0.3 is 0 Å². The Kier molecular flexibility index (Phi) is 49.5. The van der Waals surface area contributed by atoms with Crippen LogP contribution in [0.2, 0.25) is 0 Å². The maximum atomic E-state index is 4.38. The van der Waals surface area contributed by atoms with E-state index in [0.29, 0.717) is 0 Å². The molecule has 0 N–H and O–H groups in total. The predicted molar refractivity (Wildman–Crippen MR) is 20.9 cm³/mol. The standard InChI is InChI=1S/Cd.In.2S.W. The van der Waals surface area contributed by atoms with Gasteiger partial charge in [0.25, 0.3) is 0 Å². The van der Waals surface area contributed by atoms with Crippen LogP contribution in [0.3, 0.4) is 0 Å². The summed E-state index contributed by atoms with van der Waals surface area (Å²) >= 11 is -0.583. The first-order chi connectivity index (χ1) is 1.41. The monoisotopic (exact) mass is 477 g/mol. The molecule has 3 radical (unpaired) electrons. The fourth-order valence-electron chi connectivity index (χ4n) is 0. The van der Waals surface area contributed by atoms with Crippen LogP contribution in [0.5, 0.6) is 0 Å². The van der Waals surface area contributed by atoms with Crippen LogP contribution in [-0.4, -0.2) is 25.8 Å². The molecule has 0 aliphatic rings. The summed E-state index contributed by atoms with van der Waals surface area (Å²) in [7, 11) is 8.75. The Morgan fingerprint density at radius 2 is 1.20 bits per heavy atom. The summed E-state index contributed by atoms with van der Waals surface area (Å²) in [6.07, 6.45) is 0. The maximum absolute atomic E-state index is 4.38. The molecule has 0 fully saturated rings. The minimum absolute atomic E-state index is 0. The van der Waals surface area contributed by atoms with Crippen molar-refractivity contribution in [2.45, 2.75) is 0 Å². The molecule has 5 heteroatoms. The second-order valence-electron chi connectivity index (χ2n) is 0.0680. The van der Waals surface area contributed by atoms with Crippen LogP contribution in [0.15, 0.2) is 0 Å². The summed E-state index contributed by atoms with van der Waals surface area (Å²) < 4.78 is 0. The van der Waals surface area contributed by atoms with Gasteiger partial charge in [0.1, 0.15) is 0 Å². The zero-order chi connectivity index (χ0) is 2.71. The van der Waals surface area contributed by atoms with Crippen molar-refractivity contribution in [1.82, 2.24) is 0 Å². The number of hydrogen-bond donors (Lipinski definition) is 0. The molecule has 0 spiro atoms. The van der Waals surface area contributed by atoms with Gasteiger partial charge in [-0.15, -0.1) is 0 Å². The first-order valence-electron chi connectivity index (χ1n) is 0.333. The molecule has 0 saturated heterocycles. The Bertz CT molecular complexity index is 30.6. The zero-order valence-electron chi connectivity index (χ0n) is 2.51. The molecule has 0 saturated carbocycles. The molecule has 0 aliphatic heterocycles. The summed E-state index contributed by atoms with van der Waals surface area (Å²) in [6, 6.07) is 0. The number of hydrogen-bond acceptors (Lipinski definition) is 2. The van der Waals surface area contributed by atoms with E-state index in [9.17, 15) is 0 Å². The molecule has 0 aliphatic carbocycles. The molecular formula is CdInS2W. The van der Waals surface area contributed by atoms with Gasteiger partial charge >= 0.3 is 34.6 Å². The third kappa shape index (κ3) is 19.6. The van der Waals surface area contributed by atoms with Gasteiger partial charge in [-0.3, -0.25) is 0 Å². The van der Waals surface area contributed by atoms with Crippen LogP contribution in [0.4, 0.5) is 0 Å². The van der Waals surface area contributed by atoms with Gasteiger partial charge in [0, 0.05) is 53.1 Å². The first kappa shape index (κ1) is 15.7. The van der Waals surface area contributed by atoms with E-state index < -0.39 is 14.9 Å². The molecule has 0 aromatic carbocycles. The van der Waals surface area contributed by atoms with Crippen molar-refractivity contribution in [2.75, 3.05) is 0 Å². The van der Waals surface area contributed by atoms with E-state index in [1.807, 2.05) is 0 Å². The molecule has 0 heterocycles. The molecule has 0 bridgehead atoms. The average molecular weight is 475 g/mol. The second kappa shape index (κ2) is 15.8. The van der Waals surface area contributed by atoms with Gasteiger partial charge in [0.15, 0.2) is 0 Å². The van der Waals surface area contributed by atoms with E-state index >= 15 is 0 Å². The Balaban J connectivity index is -0.0000000200. The molecule has 5 heavy (non-hydrogen) atoms. The van der Waals surface area contributed by atoms with Crippen molar-refractivity contribution in [3.8, 4) is 0 Å². The van der Waals surface area contributed by atoms with Crippen LogP contribution in [0, 0.1) is 0 Å². The Morgan fingerprint density at radius 1 is 1.20 bits per heavy atom. The summed E-state index contributed by atoms with van der Waals surface area (Å²) in [5.41, 5.74) is 0. The molecule has 0 amide bonds. The molecular weight excluding hydrogens is 475 g/mol. The van der Waals surface area contributed by atoms with Crippen molar-refractivity contribution >= 4 is 45.5 Å². The Labute approximate surface area is 85.8 Å². The Morgan fingerprint density at radius 3 is 1.20 bits per heavy atom. The second-order valence-corrected chi connectivity index (χ2v) is 5.01. The van der Waals surface area contributed by atoms with Crippen LogP contribution in [0.25, 0.3) is 0 Å². The normalized spacial score (nSPS) is 2.40. The van der Waals surface area contributed by atoms with Crippen molar-refractivity contribution in [3.63, 3.8) is 0 Å². The molecule has 0 atom stereocenters. The quantitative estimate of drug-likeness (QED) is 0.479. The first-order valence-corrected chi connectivity index (χ1v) is 8.19. The molecule has 0 rings (SSSR count). The minimum atomic E-state index is -0.583. The van der Waals surface area contributed by atoms with E-state index in [0.717, 1.165) is 0 Å². The van der Waals surface area contributed by atoms with Crippen LogP contribution in [-0.2, 0) is 42.2 Å². The molecule has 23 valence electrons. The topological polar surface area (TPSA) is 0 Å². The summed E-state index contributed by atoms with van der Waals surface area (Å²) in [5.74, 6) is 0. The molecule has 0 aromatic heterocycles. The van der Waals surface area contributed by atoms with Crippen molar-refractivity contribution in [1.29, 1.82) is 0 Å². The van der Waals surface area contributed by atoms with Gasteiger partial charge in [0.05, 0.1) is 0 Å². The van der Waals surface area contributed by atoms with E-state index in [1.165, 1.54) is 0 Å². The van der Waals surface area contributed by atoms with Crippen LogP contribution >= 0.6 is 19.6 Å². The van der Waals surface area contributed by atoms with Gasteiger partial charge in [-0.05, 0) is 0 Å². The number of rotatable bonds is 0. The van der Waals surface area contributed by atoms with E-state index in [4.69, 9.17) is 0 Å². The molecule has 0 nitrogen and oxygen atoms in total. The average Bonchev–Trinajstić information content (AvgIpc) is 0.918. The molecule has 0 unspecified atom stereocenters. The van der Waals surface area contributed by atoms with Gasteiger partial charge in [0.2, 0.25) is 0 Å². The van der Waals surface area contributed by atoms with Crippen LogP contribution in [0.1, 0.15) is 0 Å². The van der Waals surface area contributed by atoms with E-state index in [2.05, 4.69) is 19.6 Å². The van der Waals surface area contributed by atoms with E-state index in [-0.39, 0.29) is 53.1 Å². The van der Waals surface area contributed by atoms with Crippen LogP contribution < -0.4 is 0 Å². The fourth-order valence-corrected chi connectivity index (χ4v) is 0. The summed E-state index contributed by atoms with van der Waals surface area (Å²) in [4.78, 5) is 0. The third-order valence-corrected chi connectivity index (χ3v) is 0. The van der Waals surface area contributed by atoms with Gasteiger partial charge in [-0.2, -0.15) is 0 Å². The van der Waals surface area contributed by atoms with Crippen molar-refractivity contribution in [2.24, 2.45) is 0 Å². The van der Waals surface area contributed by atoms with E-state index in [1.54, 1.807) is 0 Å². The predicted octanol–water partition coefficient (Wildman–Crippen LogP) is 0.911. The summed E-state index contributed by atoms with van der Waals surface area (Å²) in [6.45, 7) is 0. The summed E-state index contributed by atoms with van der Waals surface area (Å²) in [5, 5.41) is 0. The zero-order valence-corrected chi connectivity index (χ0v) is 14.4. The Hall–Kier alpha value is 2.92.